The third-order valence-corrected chi connectivity index (χ3v) is 11.0. The number of aliphatic hydroxyl groups excluding tert-OH is 1. The molecule has 2 aliphatic rings. The summed E-state index contributed by atoms with van der Waals surface area (Å²) in [7, 11) is 1.51. The number of rotatable bonds is 15. The van der Waals surface area contributed by atoms with Gasteiger partial charge in [0.25, 0.3) is 5.91 Å². The van der Waals surface area contributed by atoms with E-state index < -0.39 is 60.4 Å². The lowest BCUT2D eigenvalue weighted by Crippen LogP contribution is -2.60. The fraction of sp³-hybridized carbons (Fsp3) is 0.488. The fourth-order valence-corrected chi connectivity index (χ4v) is 7.83. The van der Waals surface area contributed by atoms with Gasteiger partial charge < -0.3 is 39.2 Å². The summed E-state index contributed by atoms with van der Waals surface area (Å²) < 4.78 is 61.8. The summed E-state index contributed by atoms with van der Waals surface area (Å²) in [6.45, 7) is 5.13. The van der Waals surface area contributed by atoms with E-state index in [-0.39, 0.29) is 45.8 Å². The van der Waals surface area contributed by atoms with Gasteiger partial charge in [-0.05, 0) is 73.1 Å². The molecule has 2 aliphatic heterocycles. The Morgan fingerprint density at radius 2 is 1.85 bits per heavy atom. The second-order valence-electron chi connectivity index (χ2n) is 16.1. The monoisotopic (exact) mass is 838 g/mol. The van der Waals surface area contributed by atoms with Crippen molar-refractivity contribution in [3.8, 4) is 11.3 Å². The zero-order valence-electron chi connectivity index (χ0n) is 34.2. The number of hydrazine groups is 1. The number of carboxylic acid groups (broad SMARTS) is 1. The molecule has 0 aliphatic carbocycles. The molecule has 2 saturated heterocycles. The Labute approximate surface area is 346 Å². The van der Waals surface area contributed by atoms with E-state index in [0.29, 0.717) is 58.5 Å². The first-order valence-corrected chi connectivity index (χ1v) is 20.0. The van der Waals surface area contributed by atoms with E-state index in [0.717, 1.165) is 5.56 Å². The SMILES string of the molecule is CO[C@@H](C)c1ncccc1-c1c(CC(C)(C)CO)c2cc(N3CCO[C@@H](C[C@H](NC(=O)OCc4ccccc4)C(=O)N4CCCC(C(=O)O)N4)C3)ccc2n1CC(F)(F)F. The lowest BCUT2D eigenvalue weighted by Gasteiger charge is -2.38. The number of aromatic nitrogens is 2. The Morgan fingerprint density at radius 1 is 1.08 bits per heavy atom. The molecule has 2 aromatic carbocycles. The number of alkyl carbamates (subject to hydrolysis) is 1. The average molecular weight is 839 g/mol. The Bertz CT molecular complexity index is 2130. The second kappa shape index (κ2) is 19.0. The van der Waals surface area contributed by atoms with Crippen LogP contribution in [-0.4, -0.2) is 107 Å². The van der Waals surface area contributed by atoms with Gasteiger partial charge in [0.1, 0.15) is 25.2 Å². The van der Waals surface area contributed by atoms with Gasteiger partial charge in [-0.2, -0.15) is 13.2 Å². The van der Waals surface area contributed by atoms with Crippen molar-refractivity contribution in [2.75, 3.05) is 44.9 Å². The number of pyridine rings is 1. The summed E-state index contributed by atoms with van der Waals surface area (Å²) in [4.78, 5) is 45.4. The van der Waals surface area contributed by atoms with Crippen molar-refractivity contribution in [2.45, 2.75) is 90.1 Å². The normalized spacial score (nSPS) is 18.6. The third kappa shape index (κ3) is 10.7. The lowest BCUT2D eigenvalue weighted by molar-refractivity contribution is -0.148. The van der Waals surface area contributed by atoms with Gasteiger partial charge in [0.15, 0.2) is 0 Å². The highest BCUT2D eigenvalue weighted by atomic mass is 19.4. The van der Waals surface area contributed by atoms with E-state index in [9.17, 15) is 37.8 Å². The molecule has 4 heterocycles. The van der Waals surface area contributed by atoms with Crippen LogP contribution in [0.3, 0.4) is 0 Å². The number of hydrogen-bond acceptors (Lipinski definition) is 10. The molecule has 0 spiro atoms. The van der Waals surface area contributed by atoms with Crippen LogP contribution < -0.4 is 15.6 Å². The lowest BCUT2D eigenvalue weighted by atomic mass is 9.84. The van der Waals surface area contributed by atoms with E-state index in [4.69, 9.17) is 14.2 Å². The number of aliphatic hydroxyl groups is 1. The van der Waals surface area contributed by atoms with Gasteiger partial charge in [-0.1, -0.05) is 44.2 Å². The highest BCUT2D eigenvalue weighted by molar-refractivity contribution is 5.95. The molecule has 60 heavy (non-hydrogen) atoms. The summed E-state index contributed by atoms with van der Waals surface area (Å²) in [5.74, 6) is -1.65. The summed E-state index contributed by atoms with van der Waals surface area (Å²) in [5.41, 5.74) is 5.80. The number of morpholine rings is 1. The summed E-state index contributed by atoms with van der Waals surface area (Å²) in [6, 6.07) is 15.6. The standard InChI is InChI=1S/C43H53F3N6O8/c1-27(58-4)37-31(12-8-16-47-37)38-33(22-42(2,3)26-53)32-20-29(14-15-36(32)51(38)25-43(44,45)46)50-18-19-59-30(23-50)21-35(39(54)52-17-9-13-34(49-52)40(55)56)48-41(57)60-24-28-10-6-5-7-11-28/h5-8,10-12,14-16,20,27,30,34-35,49,53H,9,13,17-19,21-26H2,1-4H3,(H,48,57)(H,55,56)/t27-,30-,34?,35-/m0/s1. The molecule has 2 amide bonds. The number of aliphatic carboxylic acids is 1. The zero-order valence-corrected chi connectivity index (χ0v) is 34.2. The fourth-order valence-electron chi connectivity index (χ4n) is 7.83. The van der Waals surface area contributed by atoms with E-state index in [1.807, 2.05) is 30.9 Å². The Balaban J connectivity index is 1.33. The van der Waals surface area contributed by atoms with Crippen molar-refractivity contribution in [1.82, 2.24) is 25.3 Å². The van der Waals surface area contributed by atoms with Crippen LogP contribution in [0, 0.1) is 5.41 Å². The number of hydrogen-bond donors (Lipinski definition) is 4. The third-order valence-electron chi connectivity index (χ3n) is 11.0. The number of amides is 2. The molecule has 4 N–H and O–H groups in total. The number of benzene rings is 2. The van der Waals surface area contributed by atoms with Crippen LogP contribution in [-0.2, 0) is 43.4 Å². The highest BCUT2D eigenvalue weighted by Gasteiger charge is 2.37. The molecule has 0 bridgehead atoms. The minimum absolute atomic E-state index is 0.0114. The summed E-state index contributed by atoms with van der Waals surface area (Å²) in [5, 5.41) is 24.5. The van der Waals surface area contributed by atoms with Gasteiger partial charge in [0, 0.05) is 68.1 Å². The van der Waals surface area contributed by atoms with Gasteiger partial charge >= 0.3 is 18.2 Å². The summed E-state index contributed by atoms with van der Waals surface area (Å²) >= 11 is 0. The summed E-state index contributed by atoms with van der Waals surface area (Å²) in [6.07, 6.45) is -3.94. The van der Waals surface area contributed by atoms with Gasteiger partial charge in [-0.3, -0.25) is 19.6 Å². The number of halogens is 3. The highest BCUT2D eigenvalue weighted by Crippen LogP contribution is 2.42. The van der Waals surface area contributed by atoms with Crippen LogP contribution in [0.1, 0.15) is 63.0 Å². The van der Waals surface area contributed by atoms with Gasteiger partial charge in [0.05, 0.1) is 30.2 Å². The second-order valence-corrected chi connectivity index (χ2v) is 16.1. The quantitative estimate of drug-likeness (QED) is 0.111. The predicted molar refractivity (Wildman–Crippen MR) is 217 cm³/mol. The number of alkyl halides is 3. The van der Waals surface area contributed by atoms with E-state index >= 15 is 0 Å². The maximum atomic E-state index is 14.4. The maximum Gasteiger partial charge on any atom is 0.408 e. The number of carbonyl (C=O) groups excluding carboxylic acids is 2. The predicted octanol–water partition coefficient (Wildman–Crippen LogP) is 6.00. The van der Waals surface area contributed by atoms with E-state index in [2.05, 4.69) is 15.7 Å². The number of ether oxygens (including phenoxy) is 3. The molecule has 1 unspecified atom stereocenters. The number of anilines is 1. The molecule has 4 aromatic rings. The van der Waals surface area contributed by atoms with Gasteiger partial charge in [-0.15, -0.1) is 0 Å². The molecular weight excluding hydrogens is 786 g/mol. The number of methoxy groups -OCH3 is 1. The molecule has 0 radical (unpaired) electrons. The molecule has 4 atom stereocenters. The topological polar surface area (TPSA) is 168 Å². The number of nitrogens with zero attached hydrogens (tertiary/aromatic N) is 4. The maximum absolute atomic E-state index is 14.4. The number of nitrogens with one attached hydrogen (secondary N) is 2. The minimum atomic E-state index is -4.57. The number of carbonyl (C=O) groups is 3. The number of fused-ring (bicyclic) bond motifs is 1. The average Bonchev–Trinajstić information content (AvgIpc) is 3.52. The first-order valence-electron chi connectivity index (χ1n) is 20.0. The molecule has 2 fully saturated rings. The van der Waals surface area contributed by atoms with Crippen LogP contribution in [0.5, 0.6) is 0 Å². The van der Waals surface area contributed by atoms with E-state index in [1.54, 1.807) is 61.7 Å². The van der Waals surface area contributed by atoms with Crippen LogP contribution >= 0.6 is 0 Å². The van der Waals surface area contributed by atoms with Crippen molar-refractivity contribution >= 4 is 34.6 Å². The first-order chi connectivity index (χ1) is 28.6. The Kier molecular flexibility index (Phi) is 14.0. The smallest absolute Gasteiger partial charge is 0.408 e. The zero-order chi connectivity index (χ0) is 43.2. The van der Waals surface area contributed by atoms with Crippen LogP contribution in [0.15, 0.2) is 66.9 Å². The molecule has 324 valence electrons. The van der Waals surface area contributed by atoms with Crippen LogP contribution in [0.2, 0.25) is 0 Å². The van der Waals surface area contributed by atoms with Crippen molar-refractivity contribution in [3.63, 3.8) is 0 Å². The van der Waals surface area contributed by atoms with Crippen molar-refractivity contribution < 1.29 is 52.0 Å². The Morgan fingerprint density at radius 3 is 2.55 bits per heavy atom. The first kappa shape index (κ1) is 44.3. The Hall–Kier alpha value is -5.23. The van der Waals surface area contributed by atoms with Crippen LogP contribution in [0.25, 0.3) is 22.2 Å². The molecular formula is C43H53F3N6O8. The van der Waals surface area contributed by atoms with Crippen molar-refractivity contribution in [1.29, 1.82) is 0 Å². The molecule has 17 heteroatoms. The van der Waals surface area contributed by atoms with Gasteiger partial charge in [-0.25, -0.2) is 10.2 Å². The molecule has 6 rings (SSSR count). The molecule has 0 saturated carbocycles. The minimum Gasteiger partial charge on any atom is -0.480 e. The van der Waals surface area contributed by atoms with Crippen LogP contribution in [0.4, 0.5) is 23.7 Å². The van der Waals surface area contributed by atoms with Crippen molar-refractivity contribution in [3.05, 3.63) is 83.7 Å². The largest absolute Gasteiger partial charge is 0.480 e. The van der Waals surface area contributed by atoms with Gasteiger partial charge in [0.2, 0.25) is 0 Å². The van der Waals surface area contributed by atoms with Crippen molar-refractivity contribution in [2.24, 2.45) is 5.41 Å². The van der Waals surface area contributed by atoms with E-state index in [1.165, 1.54) is 16.7 Å². The molecule has 2 aromatic heterocycles. The molecule has 14 nitrogen and oxygen atoms in total. The number of carboxylic acids is 1.